The van der Waals surface area contributed by atoms with Crippen molar-refractivity contribution in [2.24, 2.45) is 0 Å². The molecule has 1 aromatic heterocycles. The van der Waals surface area contributed by atoms with Gasteiger partial charge in [0.25, 0.3) is 5.91 Å². The minimum absolute atomic E-state index is 0.0708. The molecule has 1 amide bonds. The predicted molar refractivity (Wildman–Crippen MR) is 124 cm³/mol. The van der Waals surface area contributed by atoms with Gasteiger partial charge in [-0.3, -0.25) is 9.78 Å². The number of hydrogen-bond donors (Lipinski definition) is 2. The Bertz CT molecular complexity index is 1010. The molecule has 0 spiro atoms. The lowest BCUT2D eigenvalue weighted by Gasteiger charge is -2.11. The van der Waals surface area contributed by atoms with Gasteiger partial charge in [-0.15, -0.1) is 0 Å². The molecule has 0 saturated carbocycles. The first kappa shape index (κ1) is 22.1. The van der Waals surface area contributed by atoms with Gasteiger partial charge in [-0.05, 0) is 55.6 Å². The van der Waals surface area contributed by atoms with Gasteiger partial charge in [-0.25, -0.2) is 0 Å². The van der Waals surface area contributed by atoms with E-state index in [9.17, 15) is 4.79 Å². The SMILES string of the molecule is CN(C)CCNC(=O)c1ccc(-c2cncc(NCc3ccc(Cl)c(Cl)c3)c2)cc1. The fourth-order valence-electron chi connectivity index (χ4n) is 2.86. The molecule has 0 saturated heterocycles. The summed E-state index contributed by atoms with van der Waals surface area (Å²) in [6, 6.07) is 15.1. The van der Waals surface area contributed by atoms with Crippen LogP contribution in [0.3, 0.4) is 0 Å². The fourth-order valence-corrected chi connectivity index (χ4v) is 3.18. The zero-order valence-electron chi connectivity index (χ0n) is 17.0. The minimum Gasteiger partial charge on any atom is -0.380 e. The summed E-state index contributed by atoms with van der Waals surface area (Å²) >= 11 is 12.0. The maximum absolute atomic E-state index is 12.2. The van der Waals surface area contributed by atoms with E-state index in [0.29, 0.717) is 28.7 Å². The summed E-state index contributed by atoms with van der Waals surface area (Å²) in [6.07, 6.45) is 3.57. The number of rotatable bonds is 8. The number of amides is 1. The number of likely N-dealkylation sites (N-methyl/N-ethyl adjacent to an activating group) is 1. The minimum atomic E-state index is -0.0708. The van der Waals surface area contributed by atoms with Gasteiger partial charge in [0, 0.05) is 43.2 Å². The molecule has 156 valence electrons. The monoisotopic (exact) mass is 442 g/mol. The molecular weight excluding hydrogens is 419 g/mol. The Morgan fingerprint density at radius 2 is 1.73 bits per heavy atom. The van der Waals surface area contributed by atoms with Crippen molar-refractivity contribution in [3.8, 4) is 11.1 Å². The Labute approximate surface area is 187 Å². The first-order valence-electron chi connectivity index (χ1n) is 9.58. The maximum Gasteiger partial charge on any atom is 0.251 e. The third-order valence-corrected chi connectivity index (χ3v) is 5.28. The van der Waals surface area contributed by atoms with E-state index in [4.69, 9.17) is 23.2 Å². The maximum atomic E-state index is 12.2. The second-order valence-electron chi connectivity index (χ2n) is 7.20. The van der Waals surface area contributed by atoms with E-state index in [-0.39, 0.29) is 5.91 Å². The number of carbonyl (C=O) groups is 1. The van der Waals surface area contributed by atoms with Crippen LogP contribution < -0.4 is 10.6 Å². The molecule has 0 aliphatic rings. The third kappa shape index (κ3) is 6.20. The second-order valence-corrected chi connectivity index (χ2v) is 8.02. The summed E-state index contributed by atoms with van der Waals surface area (Å²) in [5, 5.41) is 7.34. The average Bonchev–Trinajstić information content (AvgIpc) is 2.74. The van der Waals surface area contributed by atoms with Crippen molar-refractivity contribution in [1.29, 1.82) is 0 Å². The highest BCUT2D eigenvalue weighted by Gasteiger charge is 2.07. The summed E-state index contributed by atoms with van der Waals surface area (Å²) in [7, 11) is 3.95. The van der Waals surface area contributed by atoms with Crippen LogP contribution in [0.1, 0.15) is 15.9 Å². The van der Waals surface area contributed by atoms with Crippen molar-refractivity contribution in [2.75, 3.05) is 32.5 Å². The van der Waals surface area contributed by atoms with Crippen LogP contribution in [0.4, 0.5) is 5.69 Å². The lowest BCUT2D eigenvalue weighted by atomic mass is 10.0. The molecule has 5 nitrogen and oxygen atoms in total. The number of nitrogens with zero attached hydrogens (tertiary/aromatic N) is 2. The summed E-state index contributed by atoms with van der Waals surface area (Å²) < 4.78 is 0. The highest BCUT2D eigenvalue weighted by atomic mass is 35.5. The van der Waals surface area contributed by atoms with Crippen molar-refractivity contribution in [3.63, 3.8) is 0 Å². The summed E-state index contributed by atoms with van der Waals surface area (Å²) in [5.74, 6) is -0.0708. The van der Waals surface area contributed by atoms with Crippen LogP contribution in [-0.4, -0.2) is 43.0 Å². The van der Waals surface area contributed by atoms with Crippen molar-refractivity contribution in [1.82, 2.24) is 15.2 Å². The number of hydrogen-bond acceptors (Lipinski definition) is 4. The molecule has 3 aromatic rings. The molecule has 0 atom stereocenters. The number of nitrogens with one attached hydrogen (secondary N) is 2. The van der Waals surface area contributed by atoms with Crippen molar-refractivity contribution in [2.45, 2.75) is 6.54 Å². The van der Waals surface area contributed by atoms with Crippen LogP contribution in [0, 0.1) is 0 Å². The molecular formula is C23H24Cl2N4O. The number of benzene rings is 2. The molecule has 0 unspecified atom stereocenters. The molecule has 0 bridgehead atoms. The molecule has 3 rings (SSSR count). The zero-order chi connectivity index (χ0) is 21.5. The van der Waals surface area contributed by atoms with Gasteiger partial charge in [0.15, 0.2) is 0 Å². The number of anilines is 1. The van der Waals surface area contributed by atoms with Gasteiger partial charge < -0.3 is 15.5 Å². The van der Waals surface area contributed by atoms with E-state index >= 15 is 0 Å². The van der Waals surface area contributed by atoms with Gasteiger partial charge in [0.1, 0.15) is 0 Å². The van der Waals surface area contributed by atoms with E-state index in [2.05, 4.69) is 15.6 Å². The Hall–Kier alpha value is -2.60. The molecule has 1 heterocycles. The van der Waals surface area contributed by atoms with Crippen molar-refractivity contribution < 1.29 is 4.79 Å². The molecule has 0 aliphatic carbocycles. The van der Waals surface area contributed by atoms with Crippen LogP contribution in [0.5, 0.6) is 0 Å². The summed E-state index contributed by atoms with van der Waals surface area (Å²) in [4.78, 5) is 18.6. The Morgan fingerprint density at radius 1 is 0.967 bits per heavy atom. The molecule has 0 aliphatic heterocycles. The summed E-state index contributed by atoms with van der Waals surface area (Å²) in [6.45, 7) is 2.02. The van der Waals surface area contributed by atoms with Gasteiger partial charge in [0.05, 0.1) is 15.7 Å². The van der Waals surface area contributed by atoms with Crippen molar-refractivity contribution in [3.05, 3.63) is 82.1 Å². The lowest BCUT2D eigenvalue weighted by Crippen LogP contribution is -2.31. The summed E-state index contributed by atoms with van der Waals surface area (Å²) in [5.41, 5.74) is 4.52. The van der Waals surface area contributed by atoms with Gasteiger partial charge in [-0.2, -0.15) is 0 Å². The number of carbonyl (C=O) groups excluding carboxylic acids is 1. The van der Waals surface area contributed by atoms with E-state index in [0.717, 1.165) is 28.9 Å². The molecule has 30 heavy (non-hydrogen) atoms. The van der Waals surface area contributed by atoms with Gasteiger partial charge in [-0.1, -0.05) is 41.4 Å². The highest BCUT2D eigenvalue weighted by Crippen LogP contribution is 2.24. The lowest BCUT2D eigenvalue weighted by molar-refractivity contribution is 0.0951. The fraction of sp³-hybridized carbons (Fsp3) is 0.217. The number of pyridine rings is 1. The van der Waals surface area contributed by atoms with Crippen LogP contribution >= 0.6 is 23.2 Å². The second kappa shape index (κ2) is 10.4. The van der Waals surface area contributed by atoms with E-state index in [1.165, 1.54) is 0 Å². The number of aromatic nitrogens is 1. The topological polar surface area (TPSA) is 57.3 Å². The Kier molecular flexibility index (Phi) is 7.69. The standard InChI is InChI=1S/C23H24Cl2N4O/c1-29(2)10-9-27-23(30)18-6-4-17(5-7-18)19-12-20(15-26-14-19)28-13-16-3-8-21(24)22(25)11-16/h3-8,11-12,14-15,28H,9-10,13H2,1-2H3,(H,27,30). The van der Waals surface area contributed by atoms with Crippen LogP contribution in [0.2, 0.25) is 10.0 Å². The first-order chi connectivity index (χ1) is 14.4. The Balaban J connectivity index is 1.63. The van der Waals surface area contributed by atoms with Crippen LogP contribution in [0.15, 0.2) is 60.9 Å². The zero-order valence-corrected chi connectivity index (χ0v) is 18.5. The molecule has 2 aromatic carbocycles. The van der Waals surface area contributed by atoms with Crippen LogP contribution in [0.25, 0.3) is 11.1 Å². The quantitative estimate of drug-likeness (QED) is 0.517. The normalized spacial score (nSPS) is 10.8. The predicted octanol–water partition coefficient (Wildman–Crippen LogP) is 4.96. The van der Waals surface area contributed by atoms with Crippen LogP contribution in [-0.2, 0) is 6.54 Å². The van der Waals surface area contributed by atoms with E-state index < -0.39 is 0 Å². The van der Waals surface area contributed by atoms with Gasteiger partial charge in [0.2, 0.25) is 0 Å². The number of halogens is 2. The average molecular weight is 443 g/mol. The third-order valence-electron chi connectivity index (χ3n) is 4.54. The van der Waals surface area contributed by atoms with Crippen molar-refractivity contribution >= 4 is 34.8 Å². The highest BCUT2D eigenvalue weighted by molar-refractivity contribution is 6.42. The Morgan fingerprint density at radius 3 is 2.43 bits per heavy atom. The molecule has 0 radical (unpaired) electrons. The molecule has 2 N–H and O–H groups in total. The molecule has 0 fully saturated rings. The smallest absolute Gasteiger partial charge is 0.251 e. The van der Waals surface area contributed by atoms with Gasteiger partial charge >= 0.3 is 0 Å². The molecule has 7 heteroatoms. The van der Waals surface area contributed by atoms with E-state index in [1.807, 2.05) is 61.5 Å². The first-order valence-corrected chi connectivity index (χ1v) is 10.3. The van der Waals surface area contributed by atoms with E-state index in [1.54, 1.807) is 18.5 Å². The largest absolute Gasteiger partial charge is 0.380 e.